The first-order valence-electron chi connectivity index (χ1n) is 12.4. The SMILES string of the molecule is C=C/C=C(\C=C1/COCO1)C(=O)Nc1ccc(C)c(NC(=O)c2cnc(Nc3ccc(C)c(N)c3)nc2NC)c1. The van der Waals surface area contributed by atoms with Crippen molar-refractivity contribution in [2.24, 2.45) is 0 Å². The number of nitrogens with zero attached hydrogens (tertiary/aromatic N) is 2. The zero-order chi connectivity index (χ0) is 28.6. The summed E-state index contributed by atoms with van der Waals surface area (Å²) < 4.78 is 10.5. The Labute approximate surface area is 232 Å². The summed E-state index contributed by atoms with van der Waals surface area (Å²) in [7, 11) is 1.67. The number of hydrogen-bond donors (Lipinski definition) is 5. The molecule has 3 aromatic rings. The molecule has 1 aliphatic rings. The molecule has 1 saturated heterocycles. The second kappa shape index (κ2) is 12.6. The number of amides is 2. The fourth-order valence-corrected chi connectivity index (χ4v) is 3.75. The van der Waals surface area contributed by atoms with Crippen molar-refractivity contribution in [3.8, 4) is 0 Å². The van der Waals surface area contributed by atoms with Crippen molar-refractivity contribution >= 4 is 46.3 Å². The molecule has 0 atom stereocenters. The van der Waals surface area contributed by atoms with E-state index in [1.165, 1.54) is 12.3 Å². The highest BCUT2D eigenvalue weighted by atomic mass is 16.7. The Balaban J connectivity index is 1.49. The van der Waals surface area contributed by atoms with Crippen LogP contribution in [0.2, 0.25) is 0 Å². The summed E-state index contributed by atoms with van der Waals surface area (Å²) in [5.74, 6) is 0.401. The number of aromatic nitrogens is 2. The van der Waals surface area contributed by atoms with Crippen LogP contribution < -0.4 is 27.0 Å². The average molecular weight is 542 g/mol. The lowest BCUT2D eigenvalue weighted by atomic mass is 10.1. The smallest absolute Gasteiger partial charge is 0.261 e. The van der Waals surface area contributed by atoms with E-state index in [1.807, 2.05) is 26.0 Å². The number of hydrogen-bond acceptors (Lipinski definition) is 9. The molecule has 1 fully saturated rings. The molecule has 2 aromatic carbocycles. The summed E-state index contributed by atoms with van der Waals surface area (Å²) in [5.41, 5.74) is 10.7. The van der Waals surface area contributed by atoms with Gasteiger partial charge in [-0.25, -0.2) is 4.98 Å². The van der Waals surface area contributed by atoms with E-state index in [9.17, 15) is 9.59 Å². The number of rotatable bonds is 9. The first kappa shape index (κ1) is 27.9. The lowest BCUT2D eigenvalue weighted by Gasteiger charge is -2.14. The van der Waals surface area contributed by atoms with E-state index < -0.39 is 5.91 Å². The molecule has 40 heavy (non-hydrogen) atoms. The predicted octanol–water partition coefficient (Wildman–Crippen LogP) is 4.65. The van der Waals surface area contributed by atoms with Gasteiger partial charge in [-0.3, -0.25) is 9.59 Å². The van der Waals surface area contributed by atoms with Crippen LogP contribution in [0.25, 0.3) is 0 Å². The molecule has 4 rings (SSSR count). The minimum atomic E-state index is -0.419. The Morgan fingerprint density at radius 1 is 1.07 bits per heavy atom. The molecule has 11 heteroatoms. The molecule has 0 radical (unpaired) electrons. The number of anilines is 6. The zero-order valence-corrected chi connectivity index (χ0v) is 22.5. The predicted molar refractivity (Wildman–Crippen MR) is 156 cm³/mol. The molecule has 2 amide bonds. The number of nitrogens with two attached hydrogens (primary N) is 1. The van der Waals surface area contributed by atoms with Gasteiger partial charge in [0.05, 0.1) is 0 Å². The number of ether oxygens (including phenoxy) is 2. The molecule has 1 aliphatic heterocycles. The minimum Gasteiger partial charge on any atom is -0.469 e. The van der Waals surface area contributed by atoms with Gasteiger partial charge in [-0.05, 0) is 61.4 Å². The third kappa shape index (κ3) is 6.83. The summed E-state index contributed by atoms with van der Waals surface area (Å²) in [6, 6.07) is 10.8. The summed E-state index contributed by atoms with van der Waals surface area (Å²) in [6.45, 7) is 7.88. The molecule has 0 spiro atoms. The van der Waals surface area contributed by atoms with Crippen molar-refractivity contribution in [3.05, 3.63) is 95.4 Å². The number of benzene rings is 2. The van der Waals surface area contributed by atoms with Crippen LogP contribution in [-0.2, 0) is 14.3 Å². The Morgan fingerprint density at radius 3 is 2.55 bits per heavy atom. The maximum Gasteiger partial charge on any atom is 0.261 e. The van der Waals surface area contributed by atoms with Crippen molar-refractivity contribution in [1.82, 2.24) is 9.97 Å². The molecule has 6 N–H and O–H groups in total. The van der Waals surface area contributed by atoms with Gasteiger partial charge in [0.2, 0.25) is 5.95 Å². The third-order valence-electron chi connectivity index (χ3n) is 6.00. The third-order valence-corrected chi connectivity index (χ3v) is 6.00. The Hall–Kier alpha value is -5.16. The van der Waals surface area contributed by atoms with Gasteiger partial charge in [0.1, 0.15) is 23.7 Å². The van der Waals surface area contributed by atoms with Crippen molar-refractivity contribution in [3.63, 3.8) is 0 Å². The fraction of sp³-hybridized carbons (Fsp3) is 0.172. The molecule has 206 valence electrons. The molecule has 2 heterocycles. The van der Waals surface area contributed by atoms with Crippen LogP contribution in [0.5, 0.6) is 0 Å². The molecule has 0 aliphatic carbocycles. The van der Waals surface area contributed by atoms with E-state index in [0.29, 0.717) is 46.8 Å². The van der Waals surface area contributed by atoms with Gasteiger partial charge in [0, 0.05) is 41.6 Å². The molecular formula is C29H31N7O4. The lowest BCUT2D eigenvalue weighted by molar-refractivity contribution is -0.112. The van der Waals surface area contributed by atoms with Crippen molar-refractivity contribution < 1.29 is 19.1 Å². The van der Waals surface area contributed by atoms with Crippen molar-refractivity contribution in [2.45, 2.75) is 13.8 Å². The van der Waals surface area contributed by atoms with Crippen LogP contribution in [0.1, 0.15) is 21.5 Å². The average Bonchev–Trinajstić information content (AvgIpc) is 3.45. The van der Waals surface area contributed by atoms with Crippen LogP contribution >= 0.6 is 0 Å². The minimum absolute atomic E-state index is 0.150. The largest absolute Gasteiger partial charge is 0.469 e. The van der Waals surface area contributed by atoms with Crippen molar-refractivity contribution in [1.29, 1.82) is 0 Å². The molecule has 0 bridgehead atoms. The van der Waals surface area contributed by atoms with Crippen LogP contribution in [-0.4, -0.2) is 42.2 Å². The normalized spacial score (nSPS) is 13.9. The zero-order valence-electron chi connectivity index (χ0n) is 22.5. The number of carbonyl (C=O) groups is 2. The van der Waals surface area contributed by atoms with Gasteiger partial charge in [-0.2, -0.15) is 4.98 Å². The van der Waals surface area contributed by atoms with Gasteiger partial charge in [0.25, 0.3) is 11.8 Å². The second-order valence-corrected chi connectivity index (χ2v) is 8.92. The Morgan fingerprint density at radius 2 is 1.85 bits per heavy atom. The van der Waals surface area contributed by atoms with Crippen molar-refractivity contribution in [2.75, 3.05) is 47.4 Å². The molecule has 0 unspecified atom stereocenters. The fourth-order valence-electron chi connectivity index (χ4n) is 3.75. The monoisotopic (exact) mass is 541 g/mol. The number of aryl methyl sites for hydroxylation is 2. The summed E-state index contributed by atoms with van der Waals surface area (Å²) in [5, 5.41) is 11.8. The van der Waals surface area contributed by atoms with E-state index in [2.05, 4.69) is 37.8 Å². The van der Waals surface area contributed by atoms with Gasteiger partial charge in [-0.15, -0.1) is 0 Å². The lowest BCUT2D eigenvalue weighted by Crippen LogP contribution is -2.17. The van der Waals surface area contributed by atoms with E-state index in [4.69, 9.17) is 15.2 Å². The quantitative estimate of drug-likeness (QED) is 0.148. The molecule has 0 saturated carbocycles. The number of nitrogen functional groups attached to an aromatic ring is 1. The highest BCUT2D eigenvalue weighted by molar-refractivity contribution is 6.09. The van der Waals surface area contributed by atoms with Crippen LogP contribution in [0, 0.1) is 13.8 Å². The molecule has 11 nitrogen and oxygen atoms in total. The van der Waals surface area contributed by atoms with E-state index in [-0.39, 0.29) is 18.3 Å². The Bertz CT molecular complexity index is 1510. The van der Waals surface area contributed by atoms with Gasteiger partial charge in [0.15, 0.2) is 6.79 Å². The second-order valence-electron chi connectivity index (χ2n) is 8.92. The first-order chi connectivity index (χ1) is 19.3. The summed E-state index contributed by atoms with van der Waals surface area (Å²) in [4.78, 5) is 34.9. The van der Waals surface area contributed by atoms with Crippen LogP contribution in [0.3, 0.4) is 0 Å². The highest BCUT2D eigenvalue weighted by Gasteiger charge is 2.17. The van der Waals surface area contributed by atoms with Gasteiger partial charge in [-0.1, -0.05) is 24.8 Å². The van der Waals surface area contributed by atoms with Gasteiger partial charge >= 0.3 is 0 Å². The molecular weight excluding hydrogens is 510 g/mol. The number of carbonyl (C=O) groups excluding carboxylic acids is 2. The summed E-state index contributed by atoms with van der Waals surface area (Å²) in [6.07, 6.45) is 6.13. The standard InChI is InChI=1S/C29H31N7O4/c1-5-6-19(11-22-15-39-16-40-22)27(37)33-21-10-8-18(3)25(13-21)35-28(38)23-14-32-29(36-26(23)31-4)34-20-9-7-17(2)24(30)12-20/h5-14H,1,15-16,30H2,2-4H3,(H,33,37)(H,35,38)(H2,31,32,34,36)/b19-6+,22-11+. The van der Waals surface area contributed by atoms with E-state index in [1.54, 1.807) is 43.5 Å². The maximum atomic E-state index is 13.2. The van der Waals surface area contributed by atoms with E-state index in [0.717, 1.165) is 16.8 Å². The maximum absolute atomic E-state index is 13.2. The van der Waals surface area contributed by atoms with E-state index >= 15 is 0 Å². The number of allylic oxidation sites excluding steroid dienone is 2. The van der Waals surface area contributed by atoms with Crippen LogP contribution in [0.4, 0.5) is 34.5 Å². The molecule has 1 aromatic heterocycles. The summed E-state index contributed by atoms with van der Waals surface area (Å²) >= 11 is 0. The highest BCUT2D eigenvalue weighted by Crippen LogP contribution is 2.25. The Kier molecular flexibility index (Phi) is 8.77. The topological polar surface area (TPSA) is 153 Å². The first-order valence-corrected chi connectivity index (χ1v) is 12.4. The van der Waals surface area contributed by atoms with Gasteiger partial charge < -0.3 is 36.5 Å². The number of nitrogens with one attached hydrogen (secondary N) is 4. The van der Waals surface area contributed by atoms with Crippen LogP contribution in [0.15, 0.2) is 78.7 Å².